The smallest absolute Gasteiger partial charge is 0.233 e. The predicted molar refractivity (Wildman–Crippen MR) is 119 cm³/mol. The molecule has 0 spiro atoms. The van der Waals surface area contributed by atoms with E-state index in [1.165, 1.54) is 0 Å². The van der Waals surface area contributed by atoms with E-state index in [1.54, 1.807) is 13.2 Å². The minimum atomic E-state index is -0.660. The Hall–Kier alpha value is -3.31. The number of ether oxygens (including phenoxy) is 1. The minimum absolute atomic E-state index is 0.0737. The van der Waals surface area contributed by atoms with Crippen LogP contribution in [0.2, 0.25) is 5.02 Å². The zero-order valence-electron chi connectivity index (χ0n) is 17.0. The largest absolute Gasteiger partial charge is 0.497 e. The summed E-state index contributed by atoms with van der Waals surface area (Å²) in [6, 6.07) is 20.8. The van der Waals surface area contributed by atoms with Gasteiger partial charge in [-0.2, -0.15) is 0 Å². The maximum absolute atomic E-state index is 13.9. The van der Waals surface area contributed by atoms with Crippen molar-refractivity contribution in [3.8, 4) is 5.75 Å². The lowest BCUT2D eigenvalue weighted by Crippen LogP contribution is -2.40. The molecule has 6 heteroatoms. The third-order valence-corrected chi connectivity index (χ3v) is 6.42. The van der Waals surface area contributed by atoms with Crippen molar-refractivity contribution in [3.63, 3.8) is 0 Å². The van der Waals surface area contributed by atoms with Crippen LogP contribution in [0.4, 0.5) is 5.69 Å². The molecule has 2 aliphatic heterocycles. The molecule has 2 unspecified atom stereocenters. The lowest BCUT2D eigenvalue weighted by molar-refractivity contribution is -0.136. The van der Waals surface area contributed by atoms with E-state index in [0.29, 0.717) is 23.8 Å². The number of hydrogen-bond donors (Lipinski definition) is 1. The number of benzene rings is 3. The average Bonchev–Trinajstić information content (AvgIpc) is 2.90. The molecule has 3 aromatic carbocycles. The van der Waals surface area contributed by atoms with Crippen molar-refractivity contribution in [2.45, 2.75) is 24.9 Å². The Labute approximate surface area is 185 Å². The van der Waals surface area contributed by atoms with Gasteiger partial charge in [0.25, 0.3) is 0 Å². The number of nitrogens with zero attached hydrogens (tertiary/aromatic N) is 1. The molecule has 5 nitrogen and oxygen atoms in total. The molecule has 0 fully saturated rings. The van der Waals surface area contributed by atoms with Gasteiger partial charge in [0.15, 0.2) is 0 Å². The van der Waals surface area contributed by atoms with Gasteiger partial charge in [0.2, 0.25) is 11.8 Å². The van der Waals surface area contributed by atoms with E-state index in [1.807, 2.05) is 65.6 Å². The molecule has 1 N–H and O–H groups in total. The third kappa shape index (κ3) is 3.35. The Bertz CT molecular complexity index is 1180. The second kappa shape index (κ2) is 7.75. The molecule has 31 heavy (non-hydrogen) atoms. The molecule has 0 aliphatic carbocycles. The first-order chi connectivity index (χ1) is 15.1. The van der Waals surface area contributed by atoms with Crippen LogP contribution < -0.4 is 10.1 Å². The monoisotopic (exact) mass is 432 g/mol. The lowest BCUT2D eigenvalue weighted by Gasteiger charge is -2.33. The number of fused-ring (bicyclic) bond motifs is 5. The summed E-state index contributed by atoms with van der Waals surface area (Å²) >= 11 is 6.59. The van der Waals surface area contributed by atoms with E-state index in [2.05, 4.69) is 5.32 Å². The van der Waals surface area contributed by atoms with Crippen molar-refractivity contribution < 1.29 is 14.3 Å². The molecule has 5 rings (SSSR count). The molecular weight excluding hydrogens is 412 g/mol. The molecule has 0 saturated carbocycles. The van der Waals surface area contributed by atoms with Gasteiger partial charge in [-0.25, -0.2) is 0 Å². The molecule has 2 amide bonds. The molecule has 2 heterocycles. The van der Waals surface area contributed by atoms with Gasteiger partial charge in [-0.3, -0.25) is 9.59 Å². The number of halogens is 1. The number of carbonyl (C=O) groups is 2. The Morgan fingerprint density at radius 2 is 1.77 bits per heavy atom. The van der Waals surface area contributed by atoms with Crippen LogP contribution in [-0.2, 0) is 22.7 Å². The highest BCUT2D eigenvalue weighted by molar-refractivity contribution is 6.32. The molecule has 2 atom stereocenters. The van der Waals surface area contributed by atoms with E-state index >= 15 is 0 Å². The van der Waals surface area contributed by atoms with Gasteiger partial charge in [0, 0.05) is 23.8 Å². The molecular formula is C25H21ClN2O3. The van der Waals surface area contributed by atoms with Gasteiger partial charge < -0.3 is 15.0 Å². The number of anilines is 1. The fourth-order valence-corrected chi connectivity index (χ4v) is 4.94. The van der Waals surface area contributed by atoms with Gasteiger partial charge in [-0.05, 0) is 46.5 Å². The zero-order chi connectivity index (χ0) is 21.5. The van der Waals surface area contributed by atoms with Gasteiger partial charge in [0.05, 0.1) is 18.9 Å². The highest BCUT2D eigenvalue weighted by atomic mass is 35.5. The summed E-state index contributed by atoms with van der Waals surface area (Å²) in [5, 5.41) is 3.49. The highest BCUT2D eigenvalue weighted by Gasteiger charge is 2.46. The Balaban J connectivity index is 1.63. The molecule has 156 valence electrons. The van der Waals surface area contributed by atoms with Crippen LogP contribution in [0.25, 0.3) is 0 Å². The standard InChI is InChI=1S/C25H21ClN2O3/c1-31-17-11-9-15(10-12-17)13-28-14-16-5-4-7-19(26)21(16)23-22(25(28)30)18-6-2-3-8-20(18)27-24(23)29/h2-12,22-23H,13-14H2,1H3,(H,27,29). The zero-order valence-corrected chi connectivity index (χ0v) is 17.7. The van der Waals surface area contributed by atoms with Crippen LogP contribution in [0.15, 0.2) is 66.7 Å². The van der Waals surface area contributed by atoms with Crippen LogP contribution in [0.1, 0.15) is 34.1 Å². The van der Waals surface area contributed by atoms with E-state index < -0.39 is 11.8 Å². The van der Waals surface area contributed by atoms with Crippen LogP contribution >= 0.6 is 11.6 Å². The van der Waals surface area contributed by atoms with E-state index in [-0.39, 0.29) is 11.8 Å². The first-order valence-electron chi connectivity index (χ1n) is 10.2. The lowest BCUT2D eigenvalue weighted by atomic mass is 9.76. The number of carbonyl (C=O) groups excluding carboxylic acids is 2. The van der Waals surface area contributed by atoms with Crippen LogP contribution in [0, 0.1) is 0 Å². The topological polar surface area (TPSA) is 58.6 Å². The number of para-hydroxylation sites is 1. The molecule has 0 aromatic heterocycles. The fourth-order valence-electron chi connectivity index (χ4n) is 4.63. The molecule has 0 bridgehead atoms. The summed E-state index contributed by atoms with van der Waals surface area (Å²) in [5.74, 6) is -0.787. The second-order valence-electron chi connectivity index (χ2n) is 7.89. The van der Waals surface area contributed by atoms with E-state index in [9.17, 15) is 9.59 Å². The Kier molecular flexibility index (Phi) is 4.91. The van der Waals surface area contributed by atoms with Gasteiger partial charge in [-0.1, -0.05) is 54.1 Å². The minimum Gasteiger partial charge on any atom is -0.497 e. The molecule has 0 saturated heterocycles. The van der Waals surface area contributed by atoms with Crippen LogP contribution in [0.5, 0.6) is 5.75 Å². The van der Waals surface area contributed by atoms with Crippen molar-refractivity contribution in [3.05, 3.63) is 94.0 Å². The first kappa shape index (κ1) is 19.6. The SMILES string of the molecule is COc1ccc(CN2Cc3cccc(Cl)c3C3C(=O)Nc4ccccc4C3C2=O)cc1. The highest BCUT2D eigenvalue weighted by Crippen LogP contribution is 2.47. The summed E-state index contributed by atoms with van der Waals surface area (Å²) in [7, 11) is 1.62. The summed E-state index contributed by atoms with van der Waals surface area (Å²) in [5.41, 5.74) is 4.14. The normalized spacial score (nSPS) is 19.6. The summed E-state index contributed by atoms with van der Waals surface area (Å²) < 4.78 is 5.24. The number of hydrogen-bond acceptors (Lipinski definition) is 3. The maximum Gasteiger partial charge on any atom is 0.233 e. The fraction of sp³-hybridized carbons (Fsp3) is 0.200. The van der Waals surface area contributed by atoms with Crippen molar-refractivity contribution in [1.82, 2.24) is 4.90 Å². The summed E-state index contributed by atoms with van der Waals surface area (Å²) in [4.78, 5) is 28.9. The van der Waals surface area contributed by atoms with Gasteiger partial charge in [0.1, 0.15) is 5.75 Å². The van der Waals surface area contributed by atoms with E-state index in [4.69, 9.17) is 16.3 Å². The third-order valence-electron chi connectivity index (χ3n) is 6.10. The second-order valence-corrected chi connectivity index (χ2v) is 8.29. The quantitative estimate of drug-likeness (QED) is 0.652. The van der Waals surface area contributed by atoms with E-state index in [0.717, 1.165) is 28.0 Å². The van der Waals surface area contributed by atoms with Gasteiger partial charge >= 0.3 is 0 Å². The Morgan fingerprint density at radius 3 is 2.55 bits per heavy atom. The first-order valence-corrected chi connectivity index (χ1v) is 10.5. The van der Waals surface area contributed by atoms with Crippen LogP contribution in [-0.4, -0.2) is 23.8 Å². The molecule has 0 radical (unpaired) electrons. The number of rotatable bonds is 3. The Morgan fingerprint density at radius 1 is 1.00 bits per heavy atom. The van der Waals surface area contributed by atoms with Crippen molar-refractivity contribution in [1.29, 1.82) is 0 Å². The van der Waals surface area contributed by atoms with Crippen molar-refractivity contribution in [2.24, 2.45) is 0 Å². The van der Waals surface area contributed by atoms with Crippen LogP contribution in [0.3, 0.4) is 0 Å². The number of nitrogens with one attached hydrogen (secondary N) is 1. The van der Waals surface area contributed by atoms with Gasteiger partial charge in [-0.15, -0.1) is 0 Å². The maximum atomic E-state index is 13.9. The molecule has 2 aliphatic rings. The van der Waals surface area contributed by atoms with Crippen molar-refractivity contribution >= 4 is 29.1 Å². The summed E-state index contributed by atoms with van der Waals surface area (Å²) in [6.45, 7) is 0.824. The average molecular weight is 433 g/mol. The van der Waals surface area contributed by atoms with Crippen molar-refractivity contribution in [2.75, 3.05) is 12.4 Å². The number of amides is 2. The molecule has 3 aromatic rings. The summed E-state index contributed by atoms with van der Waals surface area (Å²) in [6.07, 6.45) is 0. The predicted octanol–water partition coefficient (Wildman–Crippen LogP) is 4.71. The number of methoxy groups -OCH3 is 1.